The van der Waals surface area contributed by atoms with Gasteiger partial charge in [0, 0.05) is 10.6 Å². The lowest BCUT2D eigenvalue weighted by Gasteiger charge is -2.26. The Morgan fingerprint density at radius 2 is 2.18 bits per heavy atom. The van der Waals surface area contributed by atoms with Gasteiger partial charge in [0.1, 0.15) is 0 Å². The first-order valence-electron chi connectivity index (χ1n) is 5.91. The van der Waals surface area contributed by atoms with Crippen LogP contribution in [0.25, 0.3) is 0 Å². The van der Waals surface area contributed by atoms with E-state index in [1.165, 1.54) is 10.5 Å². The van der Waals surface area contributed by atoms with E-state index in [9.17, 15) is 4.79 Å². The van der Waals surface area contributed by atoms with E-state index in [0.29, 0.717) is 5.92 Å². The third-order valence-electron chi connectivity index (χ3n) is 3.23. The molecule has 1 heterocycles. The van der Waals surface area contributed by atoms with E-state index in [1.807, 2.05) is 25.6 Å². The van der Waals surface area contributed by atoms with Crippen molar-refractivity contribution in [3.63, 3.8) is 0 Å². The molecule has 0 amide bonds. The number of rotatable bonds is 4. The molecular formula is C14H18O2S. The lowest BCUT2D eigenvalue weighted by Crippen LogP contribution is -2.20. The molecule has 0 saturated carbocycles. The zero-order valence-electron chi connectivity index (χ0n) is 10.3. The second-order valence-corrected chi connectivity index (χ2v) is 6.55. The maximum absolute atomic E-state index is 10.8. The highest BCUT2D eigenvalue weighted by Gasteiger charge is 2.30. The molecule has 0 spiro atoms. The number of carboxylic acid groups (broad SMARTS) is 1. The molecule has 1 aliphatic rings. The number of aliphatic carboxylic acids is 1. The first-order valence-corrected chi connectivity index (χ1v) is 6.90. The molecular weight excluding hydrogens is 232 g/mol. The molecule has 0 aromatic heterocycles. The molecule has 1 unspecified atom stereocenters. The van der Waals surface area contributed by atoms with Crippen molar-refractivity contribution in [3.05, 3.63) is 29.8 Å². The third kappa shape index (κ3) is 3.03. The fourth-order valence-electron chi connectivity index (χ4n) is 2.55. The summed E-state index contributed by atoms with van der Waals surface area (Å²) < 4.78 is 0. The quantitative estimate of drug-likeness (QED) is 0.884. The lowest BCUT2D eigenvalue weighted by molar-refractivity contribution is -0.139. The van der Waals surface area contributed by atoms with Crippen LogP contribution in [-0.2, 0) is 4.79 Å². The van der Waals surface area contributed by atoms with Gasteiger partial charge >= 0.3 is 5.97 Å². The van der Waals surface area contributed by atoms with Crippen LogP contribution in [0.5, 0.6) is 0 Å². The van der Waals surface area contributed by atoms with Gasteiger partial charge in [-0.2, -0.15) is 0 Å². The Kier molecular flexibility index (Phi) is 3.48. The zero-order valence-corrected chi connectivity index (χ0v) is 11.1. The molecule has 0 fully saturated rings. The Labute approximate surface area is 106 Å². The summed E-state index contributed by atoms with van der Waals surface area (Å²) in [5, 5.41) is 8.91. The van der Waals surface area contributed by atoms with Gasteiger partial charge in [-0.25, -0.2) is 0 Å². The molecule has 0 saturated heterocycles. The second kappa shape index (κ2) is 4.73. The van der Waals surface area contributed by atoms with Crippen LogP contribution in [0.3, 0.4) is 0 Å². The van der Waals surface area contributed by atoms with E-state index >= 15 is 0 Å². The summed E-state index contributed by atoms with van der Waals surface area (Å²) in [7, 11) is 0. The summed E-state index contributed by atoms with van der Waals surface area (Å²) in [4.78, 5) is 12.2. The van der Waals surface area contributed by atoms with E-state index in [-0.39, 0.29) is 11.8 Å². The molecule has 2 nitrogen and oxygen atoms in total. The molecule has 1 aromatic rings. The minimum absolute atomic E-state index is 0.130. The van der Waals surface area contributed by atoms with Gasteiger partial charge in [0.2, 0.25) is 0 Å². The predicted octanol–water partition coefficient (Wildman–Crippen LogP) is 3.77. The monoisotopic (exact) mass is 250 g/mol. The Bertz CT molecular complexity index is 426. The Hall–Kier alpha value is -0.960. The van der Waals surface area contributed by atoms with Crippen LogP contribution in [0.1, 0.15) is 38.2 Å². The maximum Gasteiger partial charge on any atom is 0.303 e. The first kappa shape index (κ1) is 12.5. The number of hydrogen-bond donors (Lipinski definition) is 1. The molecule has 1 aromatic carbocycles. The molecule has 0 aliphatic carbocycles. The number of benzene rings is 1. The van der Waals surface area contributed by atoms with Crippen LogP contribution in [-0.4, -0.2) is 16.8 Å². The molecule has 1 N–H and O–H groups in total. The summed E-state index contributed by atoms with van der Waals surface area (Å²) in [6.07, 6.45) is 1.19. The van der Waals surface area contributed by atoms with Gasteiger partial charge < -0.3 is 5.11 Å². The summed E-state index contributed by atoms with van der Waals surface area (Å²) in [5.74, 6) is 0.891. The number of carbonyl (C=O) groups is 1. The Balaban J connectivity index is 2.09. The zero-order chi connectivity index (χ0) is 12.5. The lowest BCUT2D eigenvalue weighted by atomic mass is 9.78. The highest BCUT2D eigenvalue weighted by Crippen LogP contribution is 2.45. The summed E-state index contributed by atoms with van der Waals surface area (Å²) in [5.41, 5.74) is 1.27. The van der Waals surface area contributed by atoms with Gasteiger partial charge in [-0.3, -0.25) is 4.79 Å². The fraction of sp³-hybridized carbons (Fsp3) is 0.500. The van der Waals surface area contributed by atoms with Crippen molar-refractivity contribution >= 4 is 17.7 Å². The van der Waals surface area contributed by atoms with Crippen LogP contribution >= 0.6 is 11.8 Å². The molecule has 0 bridgehead atoms. The SMILES string of the molecule is CC(C)(CC(=O)O)CC1CSc2ccccc21. The van der Waals surface area contributed by atoms with Gasteiger partial charge in [-0.1, -0.05) is 32.0 Å². The van der Waals surface area contributed by atoms with Crippen molar-refractivity contribution < 1.29 is 9.90 Å². The average Bonchev–Trinajstić information content (AvgIpc) is 2.59. The number of fused-ring (bicyclic) bond motifs is 1. The van der Waals surface area contributed by atoms with Crippen LogP contribution in [0, 0.1) is 5.41 Å². The van der Waals surface area contributed by atoms with Gasteiger partial charge in [-0.05, 0) is 29.4 Å². The highest BCUT2D eigenvalue weighted by molar-refractivity contribution is 7.99. The van der Waals surface area contributed by atoms with Crippen LogP contribution in [0.2, 0.25) is 0 Å². The smallest absolute Gasteiger partial charge is 0.303 e. The molecule has 1 atom stereocenters. The normalized spacial score (nSPS) is 19.1. The van der Waals surface area contributed by atoms with E-state index in [1.54, 1.807) is 0 Å². The predicted molar refractivity (Wildman–Crippen MR) is 70.6 cm³/mol. The molecule has 1 aliphatic heterocycles. The van der Waals surface area contributed by atoms with E-state index in [0.717, 1.165) is 12.2 Å². The van der Waals surface area contributed by atoms with E-state index < -0.39 is 5.97 Å². The topological polar surface area (TPSA) is 37.3 Å². The van der Waals surface area contributed by atoms with E-state index in [2.05, 4.69) is 24.3 Å². The largest absolute Gasteiger partial charge is 0.481 e. The van der Waals surface area contributed by atoms with Crippen molar-refractivity contribution in [2.75, 3.05) is 5.75 Å². The minimum Gasteiger partial charge on any atom is -0.481 e. The molecule has 17 heavy (non-hydrogen) atoms. The average molecular weight is 250 g/mol. The van der Waals surface area contributed by atoms with Gasteiger partial charge in [0.15, 0.2) is 0 Å². The van der Waals surface area contributed by atoms with Crippen molar-refractivity contribution in [2.24, 2.45) is 5.41 Å². The molecule has 2 rings (SSSR count). The molecule has 92 valence electrons. The Morgan fingerprint density at radius 1 is 1.47 bits per heavy atom. The van der Waals surface area contributed by atoms with Crippen molar-refractivity contribution in [1.82, 2.24) is 0 Å². The number of hydrogen-bond acceptors (Lipinski definition) is 2. The van der Waals surface area contributed by atoms with Crippen LogP contribution in [0.4, 0.5) is 0 Å². The maximum atomic E-state index is 10.8. The van der Waals surface area contributed by atoms with Crippen LogP contribution < -0.4 is 0 Å². The van der Waals surface area contributed by atoms with Gasteiger partial charge in [-0.15, -0.1) is 11.8 Å². The van der Waals surface area contributed by atoms with Gasteiger partial charge in [0.05, 0.1) is 6.42 Å². The summed E-state index contributed by atoms with van der Waals surface area (Å²) in [6.45, 7) is 4.10. The molecule has 0 radical (unpaired) electrons. The first-order chi connectivity index (χ1) is 7.98. The van der Waals surface area contributed by atoms with Gasteiger partial charge in [0.25, 0.3) is 0 Å². The summed E-state index contributed by atoms with van der Waals surface area (Å²) >= 11 is 1.89. The molecule has 3 heteroatoms. The fourth-order valence-corrected chi connectivity index (χ4v) is 3.80. The van der Waals surface area contributed by atoms with Crippen molar-refractivity contribution in [3.8, 4) is 0 Å². The standard InChI is InChI=1S/C14H18O2S/c1-14(2,8-13(15)16)7-10-9-17-12-6-4-3-5-11(10)12/h3-6,10H,7-9H2,1-2H3,(H,15,16). The third-order valence-corrected chi connectivity index (χ3v) is 4.48. The van der Waals surface area contributed by atoms with Crippen molar-refractivity contribution in [1.29, 1.82) is 0 Å². The van der Waals surface area contributed by atoms with E-state index in [4.69, 9.17) is 5.11 Å². The second-order valence-electron chi connectivity index (χ2n) is 5.48. The van der Waals surface area contributed by atoms with Crippen molar-refractivity contribution in [2.45, 2.75) is 37.5 Å². The minimum atomic E-state index is -0.700. The number of thioether (sulfide) groups is 1. The summed E-state index contributed by atoms with van der Waals surface area (Å²) in [6, 6.07) is 8.47. The highest BCUT2D eigenvalue weighted by atomic mass is 32.2. The Morgan fingerprint density at radius 3 is 2.88 bits per heavy atom. The number of carboxylic acids is 1. The van der Waals surface area contributed by atoms with Crippen LogP contribution in [0.15, 0.2) is 29.2 Å².